The standard InChI is InChI=1S/C15H22N4O/c1-2-19(9-10-6-7-10)15-12(14(16)18-20)8-11-4-3-5-13(11)17-15/h8,10,20H,2-7,9H2,1H3,(H2,16,18). The zero-order chi connectivity index (χ0) is 14.1. The van der Waals surface area contributed by atoms with Crippen molar-refractivity contribution in [2.24, 2.45) is 16.8 Å². The highest BCUT2D eigenvalue weighted by atomic mass is 16.4. The van der Waals surface area contributed by atoms with E-state index in [9.17, 15) is 0 Å². The first kappa shape index (κ1) is 13.2. The van der Waals surface area contributed by atoms with Gasteiger partial charge in [0.25, 0.3) is 0 Å². The van der Waals surface area contributed by atoms with Gasteiger partial charge in [-0.05, 0) is 56.6 Å². The highest BCUT2D eigenvalue weighted by Gasteiger charge is 2.27. The zero-order valence-electron chi connectivity index (χ0n) is 12.0. The van der Waals surface area contributed by atoms with E-state index in [1.807, 2.05) is 0 Å². The molecule has 1 saturated carbocycles. The van der Waals surface area contributed by atoms with Crippen LogP contribution in [0.5, 0.6) is 0 Å². The van der Waals surface area contributed by atoms with Crippen LogP contribution >= 0.6 is 0 Å². The molecule has 108 valence electrons. The van der Waals surface area contributed by atoms with Gasteiger partial charge in [-0.2, -0.15) is 0 Å². The number of anilines is 1. The average molecular weight is 274 g/mol. The van der Waals surface area contributed by atoms with Crippen LogP contribution in [0.2, 0.25) is 0 Å². The second-order valence-corrected chi connectivity index (χ2v) is 5.79. The van der Waals surface area contributed by atoms with Gasteiger partial charge >= 0.3 is 0 Å². The summed E-state index contributed by atoms with van der Waals surface area (Å²) in [5, 5.41) is 12.2. The van der Waals surface area contributed by atoms with Gasteiger partial charge in [-0.1, -0.05) is 5.16 Å². The van der Waals surface area contributed by atoms with Gasteiger partial charge in [-0.3, -0.25) is 0 Å². The van der Waals surface area contributed by atoms with Crippen molar-refractivity contribution in [1.82, 2.24) is 4.98 Å². The highest BCUT2D eigenvalue weighted by Crippen LogP contribution is 2.33. The number of aromatic nitrogens is 1. The molecule has 5 nitrogen and oxygen atoms in total. The van der Waals surface area contributed by atoms with Crippen LogP contribution in [0, 0.1) is 5.92 Å². The molecule has 0 amide bonds. The van der Waals surface area contributed by atoms with Crippen molar-refractivity contribution < 1.29 is 5.21 Å². The Morgan fingerprint density at radius 3 is 2.95 bits per heavy atom. The molecule has 2 aliphatic carbocycles. The molecular formula is C15H22N4O. The van der Waals surface area contributed by atoms with Crippen LogP contribution in [0.4, 0.5) is 5.82 Å². The van der Waals surface area contributed by atoms with Gasteiger partial charge in [0.2, 0.25) is 0 Å². The monoisotopic (exact) mass is 274 g/mol. The van der Waals surface area contributed by atoms with Crippen molar-refractivity contribution in [3.63, 3.8) is 0 Å². The normalized spacial score (nSPS) is 18.1. The van der Waals surface area contributed by atoms with E-state index in [4.69, 9.17) is 15.9 Å². The van der Waals surface area contributed by atoms with Crippen molar-refractivity contribution in [3.05, 3.63) is 22.9 Å². The average Bonchev–Trinajstić information content (AvgIpc) is 3.18. The molecule has 3 N–H and O–H groups in total. The zero-order valence-corrected chi connectivity index (χ0v) is 12.0. The van der Waals surface area contributed by atoms with E-state index in [0.29, 0.717) is 0 Å². The van der Waals surface area contributed by atoms with Crippen LogP contribution in [0.15, 0.2) is 11.2 Å². The fourth-order valence-electron chi connectivity index (χ4n) is 2.92. The number of amidine groups is 1. The number of nitrogens with zero attached hydrogens (tertiary/aromatic N) is 3. The molecule has 1 aromatic rings. The molecule has 0 unspecified atom stereocenters. The summed E-state index contributed by atoms with van der Waals surface area (Å²) in [7, 11) is 0. The Labute approximate surface area is 119 Å². The maximum atomic E-state index is 9.03. The largest absolute Gasteiger partial charge is 0.409 e. The molecular weight excluding hydrogens is 252 g/mol. The minimum atomic E-state index is 0.163. The lowest BCUT2D eigenvalue weighted by atomic mass is 10.1. The van der Waals surface area contributed by atoms with Crippen molar-refractivity contribution >= 4 is 11.7 Å². The quantitative estimate of drug-likeness (QED) is 0.372. The maximum absolute atomic E-state index is 9.03. The predicted octanol–water partition coefficient (Wildman–Crippen LogP) is 1.90. The smallest absolute Gasteiger partial charge is 0.173 e. The minimum absolute atomic E-state index is 0.163. The van der Waals surface area contributed by atoms with E-state index in [2.05, 4.69) is 23.0 Å². The Morgan fingerprint density at radius 1 is 1.50 bits per heavy atom. The van der Waals surface area contributed by atoms with Gasteiger partial charge in [0.1, 0.15) is 5.82 Å². The van der Waals surface area contributed by atoms with Crippen molar-refractivity contribution in [2.75, 3.05) is 18.0 Å². The molecule has 0 radical (unpaired) electrons. The Balaban J connectivity index is 2.01. The van der Waals surface area contributed by atoms with Gasteiger partial charge in [0.05, 0.1) is 5.56 Å². The van der Waals surface area contributed by atoms with Crippen LogP contribution < -0.4 is 10.6 Å². The molecule has 0 aliphatic heterocycles. The molecule has 1 fully saturated rings. The Bertz CT molecular complexity index is 537. The van der Waals surface area contributed by atoms with E-state index in [1.165, 1.54) is 24.1 Å². The van der Waals surface area contributed by atoms with E-state index >= 15 is 0 Å². The van der Waals surface area contributed by atoms with Gasteiger partial charge < -0.3 is 15.8 Å². The lowest BCUT2D eigenvalue weighted by Crippen LogP contribution is -2.30. The first-order chi connectivity index (χ1) is 9.72. The molecule has 2 aliphatic rings. The lowest BCUT2D eigenvalue weighted by molar-refractivity contribution is 0.318. The van der Waals surface area contributed by atoms with E-state index in [1.54, 1.807) is 0 Å². The van der Waals surface area contributed by atoms with E-state index < -0.39 is 0 Å². The first-order valence-corrected chi connectivity index (χ1v) is 7.48. The van der Waals surface area contributed by atoms with Gasteiger partial charge in [0.15, 0.2) is 5.84 Å². The molecule has 0 atom stereocenters. The van der Waals surface area contributed by atoms with Crippen molar-refractivity contribution in [2.45, 2.75) is 39.0 Å². The fraction of sp³-hybridized carbons (Fsp3) is 0.600. The highest BCUT2D eigenvalue weighted by molar-refractivity contribution is 6.01. The molecule has 0 saturated heterocycles. The molecule has 1 heterocycles. The molecule has 1 aromatic heterocycles. The fourth-order valence-corrected chi connectivity index (χ4v) is 2.92. The number of aryl methyl sites for hydroxylation is 2. The summed E-state index contributed by atoms with van der Waals surface area (Å²) in [4.78, 5) is 7.10. The third kappa shape index (κ3) is 2.44. The third-order valence-electron chi connectivity index (χ3n) is 4.27. The van der Waals surface area contributed by atoms with Gasteiger partial charge in [0, 0.05) is 18.8 Å². The summed E-state index contributed by atoms with van der Waals surface area (Å²) >= 11 is 0. The summed E-state index contributed by atoms with van der Waals surface area (Å²) in [6.45, 7) is 4.05. The topological polar surface area (TPSA) is 74.7 Å². The first-order valence-electron chi connectivity index (χ1n) is 7.48. The molecule has 0 spiro atoms. The van der Waals surface area contributed by atoms with Crippen molar-refractivity contribution in [3.8, 4) is 0 Å². The lowest BCUT2D eigenvalue weighted by Gasteiger charge is -2.25. The van der Waals surface area contributed by atoms with Crippen LogP contribution in [-0.4, -0.2) is 29.1 Å². The van der Waals surface area contributed by atoms with Crippen LogP contribution in [0.1, 0.15) is 43.0 Å². The summed E-state index contributed by atoms with van der Waals surface area (Å²) in [6.07, 6.45) is 5.85. The Morgan fingerprint density at radius 2 is 2.30 bits per heavy atom. The third-order valence-corrected chi connectivity index (χ3v) is 4.27. The second-order valence-electron chi connectivity index (χ2n) is 5.79. The molecule has 0 aromatic carbocycles. The minimum Gasteiger partial charge on any atom is -0.409 e. The van der Waals surface area contributed by atoms with Crippen LogP contribution in [-0.2, 0) is 12.8 Å². The summed E-state index contributed by atoms with van der Waals surface area (Å²) in [5.74, 6) is 1.83. The summed E-state index contributed by atoms with van der Waals surface area (Å²) in [6, 6.07) is 2.06. The second kappa shape index (κ2) is 5.31. The van der Waals surface area contributed by atoms with Crippen LogP contribution in [0.3, 0.4) is 0 Å². The summed E-state index contributed by atoms with van der Waals surface area (Å²) < 4.78 is 0. The predicted molar refractivity (Wildman–Crippen MR) is 79.4 cm³/mol. The van der Waals surface area contributed by atoms with Gasteiger partial charge in [-0.15, -0.1) is 0 Å². The number of oxime groups is 1. The Kier molecular flexibility index (Phi) is 3.51. The van der Waals surface area contributed by atoms with Crippen molar-refractivity contribution in [1.29, 1.82) is 0 Å². The number of hydrogen-bond donors (Lipinski definition) is 2. The summed E-state index contributed by atoms with van der Waals surface area (Å²) in [5.41, 5.74) is 9.07. The number of fused-ring (bicyclic) bond motifs is 1. The van der Waals surface area contributed by atoms with E-state index in [-0.39, 0.29) is 5.84 Å². The van der Waals surface area contributed by atoms with Crippen LogP contribution in [0.25, 0.3) is 0 Å². The number of hydrogen-bond acceptors (Lipinski definition) is 4. The van der Waals surface area contributed by atoms with Gasteiger partial charge in [-0.25, -0.2) is 4.98 Å². The molecule has 0 bridgehead atoms. The Hall–Kier alpha value is -1.78. The molecule has 20 heavy (non-hydrogen) atoms. The SMILES string of the molecule is CCN(CC1CC1)c1nc2c(cc1C(N)=NO)CCC2. The number of pyridine rings is 1. The molecule has 3 rings (SSSR count). The number of nitrogens with two attached hydrogens (primary N) is 1. The van der Waals surface area contributed by atoms with E-state index in [0.717, 1.165) is 49.7 Å². The molecule has 5 heteroatoms. The maximum Gasteiger partial charge on any atom is 0.173 e. The number of rotatable bonds is 5.